The van der Waals surface area contributed by atoms with Crippen molar-refractivity contribution in [1.82, 2.24) is 4.90 Å². The number of aryl methyl sites for hydroxylation is 2. The molecule has 1 atom stereocenters. The van der Waals surface area contributed by atoms with Crippen molar-refractivity contribution in [3.63, 3.8) is 0 Å². The molecule has 0 saturated carbocycles. The third-order valence-corrected chi connectivity index (χ3v) is 5.72. The second kappa shape index (κ2) is 9.96. The van der Waals surface area contributed by atoms with Crippen LogP contribution in [-0.4, -0.2) is 48.8 Å². The molecular formula is C23H29NO7. The van der Waals surface area contributed by atoms with E-state index in [1.165, 1.54) is 13.2 Å². The van der Waals surface area contributed by atoms with Crippen molar-refractivity contribution < 1.29 is 28.6 Å². The first-order valence-corrected chi connectivity index (χ1v) is 10.6. The number of aromatic hydroxyl groups is 1. The van der Waals surface area contributed by atoms with Gasteiger partial charge < -0.3 is 19.0 Å². The van der Waals surface area contributed by atoms with Gasteiger partial charge in [0.05, 0.1) is 25.2 Å². The topological polar surface area (TPSA) is 106 Å². The summed E-state index contributed by atoms with van der Waals surface area (Å²) in [4.78, 5) is 37.9. The Kier molecular flexibility index (Phi) is 7.33. The van der Waals surface area contributed by atoms with Crippen LogP contribution in [0.4, 0.5) is 0 Å². The number of phenols is 1. The Labute approximate surface area is 180 Å². The van der Waals surface area contributed by atoms with Gasteiger partial charge in [-0.25, -0.2) is 4.79 Å². The molecule has 1 unspecified atom stereocenters. The summed E-state index contributed by atoms with van der Waals surface area (Å²) in [6.07, 6.45) is 2.01. The lowest BCUT2D eigenvalue weighted by Crippen LogP contribution is -2.39. The van der Waals surface area contributed by atoms with Crippen molar-refractivity contribution in [2.24, 2.45) is 5.92 Å². The number of nitrogens with zero attached hydrogens (tertiary/aromatic N) is 1. The fourth-order valence-corrected chi connectivity index (χ4v) is 4.12. The standard InChI is InChI=1S/C23H29NO7/c1-4-30-23(28)16-6-5-9-24(12-16)13-18-21(27)15(7-8-19(25)29-3)11-17-14(2)10-20(26)31-22(17)18/h10-11,16,27H,4-9,12-13H2,1-3H3. The number of hydrogen-bond acceptors (Lipinski definition) is 8. The van der Waals surface area contributed by atoms with Gasteiger partial charge in [-0.1, -0.05) is 0 Å². The van der Waals surface area contributed by atoms with E-state index in [1.54, 1.807) is 13.0 Å². The molecule has 2 heterocycles. The molecule has 1 aliphatic heterocycles. The molecule has 0 aliphatic carbocycles. The second-order valence-electron chi connectivity index (χ2n) is 7.89. The van der Waals surface area contributed by atoms with E-state index in [0.717, 1.165) is 24.9 Å². The summed E-state index contributed by atoms with van der Waals surface area (Å²) in [5, 5.41) is 11.7. The predicted molar refractivity (Wildman–Crippen MR) is 114 cm³/mol. The molecule has 3 rings (SSSR count). The minimum atomic E-state index is -0.490. The van der Waals surface area contributed by atoms with E-state index in [1.807, 2.05) is 6.92 Å². The molecule has 1 fully saturated rings. The summed E-state index contributed by atoms with van der Waals surface area (Å²) in [5.74, 6) is -0.803. The minimum absolute atomic E-state index is 0.00316. The van der Waals surface area contributed by atoms with Crippen LogP contribution in [0.1, 0.15) is 42.9 Å². The number of carbonyl (C=O) groups is 2. The quantitative estimate of drug-likeness (QED) is 0.527. The Hall–Kier alpha value is -2.87. The molecule has 1 saturated heterocycles. The maximum absolute atomic E-state index is 12.2. The highest BCUT2D eigenvalue weighted by Gasteiger charge is 2.28. The maximum Gasteiger partial charge on any atom is 0.336 e. The first-order chi connectivity index (χ1) is 14.8. The molecule has 2 aromatic rings. The lowest BCUT2D eigenvalue weighted by molar-refractivity contribution is -0.150. The van der Waals surface area contributed by atoms with Gasteiger partial charge in [-0.05, 0) is 56.8 Å². The predicted octanol–water partition coefficient (Wildman–Crippen LogP) is 2.69. The van der Waals surface area contributed by atoms with Crippen molar-refractivity contribution in [1.29, 1.82) is 0 Å². The molecule has 0 radical (unpaired) electrons. The van der Waals surface area contributed by atoms with Crippen LogP contribution in [0.5, 0.6) is 5.75 Å². The number of carbonyl (C=O) groups excluding carboxylic acids is 2. The molecule has 1 aromatic heterocycles. The number of piperidine rings is 1. The average Bonchev–Trinajstić information content (AvgIpc) is 2.75. The third kappa shape index (κ3) is 5.25. The molecule has 8 nitrogen and oxygen atoms in total. The number of methoxy groups -OCH3 is 1. The SMILES string of the molecule is CCOC(=O)C1CCCN(Cc2c(O)c(CCC(=O)OC)cc3c(C)cc(=O)oc23)C1. The zero-order valence-electron chi connectivity index (χ0n) is 18.2. The van der Waals surface area contributed by atoms with Gasteiger partial charge in [-0.2, -0.15) is 0 Å². The summed E-state index contributed by atoms with van der Waals surface area (Å²) < 4.78 is 15.4. The van der Waals surface area contributed by atoms with E-state index in [4.69, 9.17) is 13.9 Å². The molecule has 0 spiro atoms. The van der Waals surface area contributed by atoms with E-state index in [9.17, 15) is 19.5 Å². The number of ether oxygens (including phenoxy) is 2. The summed E-state index contributed by atoms with van der Waals surface area (Å²) in [6, 6.07) is 3.16. The zero-order valence-corrected chi connectivity index (χ0v) is 18.2. The number of benzene rings is 1. The van der Waals surface area contributed by atoms with Gasteiger partial charge in [-0.15, -0.1) is 0 Å². The van der Waals surface area contributed by atoms with Crippen LogP contribution < -0.4 is 5.63 Å². The smallest absolute Gasteiger partial charge is 0.336 e. The Morgan fingerprint density at radius 3 is 2.81 bits per heavy atom. The Morgan fingerprint density at radius 1 is 1.32 bits per heavy atom. The van der Waals surface area contributed by atoms with Gasteiger partial charge in [0.15, 0.2) is 0 Å². The van der Waals surface area contributed by atoms with E-state index in [0.29, 0.717) is 48.2 Å². The molecule has 1 aliphatic rings. The van der Waals surface area contributed by atoms with E-state index < -0.39 is 5.63 Å². The molecule has 8 heteroatoms. The minimum Gasteiger partial charge on any atom is -0.507 e. The van der Waals surface area contributed by atoms with Crippen LogP contribution in [-0.2, 0) is 32.0 Å². The molecule has 1 N–H and O–H groups in total. The lowest BCUT2D eigenvalue weighted by Gasteiger charge is -2.31. The maximum atomic E-state index is 12.2. The van der Waals surface area contributed by atoms with Crippen molar-refractivity contribution in [2.45, 2.75) is 46.1 Å². The van der Waals surface area contributed by atoms with Crippen LogP contribution >= 0.6 is 0 Å². The summed E-state index contributed by atoms with van der Waals surface area (Å²) in [5.41, 5.74) is 1.65. The van der Waals surface area contributed by atoms with Crippen LogP contribution in [0.3, 0.4) is 0 Å². The van der Waals surface area contributed by atoms with Crippen LogP contribution in [0.25, 0.3) is 11.0 Å². The summed E-state index contributed by atoms with van der Waals surface area (Å²) in [6.45, 7) is 5.50. The highest BCUT2D eigenvalue weighted by molar-refractivity contribution is 5.86. The number of esters is 2. The number of likely N-dealkylation sites (tertiary alicyclic amines) is 1. The molecule has 168 valence electrons. The van der Waals surface area contributed by atoms with Gasteiger partial charge >= 0.3 is 17.6 Å². The highest BCUT2D eigenvalue weighted by Crippen LogP contribution is 2.35. The van der Waals surface area contributed by atoms with Crippen molar-refractivity contribution in [3.05, 3.63) is 39.2 Å². The molecule has 0 bridgehead atoms. The normalized spacial score (nSPS) is 16.9. The fraction of sp³-hybridized carbons (Fsp3) is 0.522. The van der Waals surface area contributed by atoms with Gasteiger partial charge in [-0.3, -0.25) is 14.5 Å². The largest absolute Gasteiger partial charge is 0.507 e. The van der Waals surface area contributed by atoms with Gasteiger partial charge in [0.25, 0.3) is 0 Å². The Bertz CT molecular complexity index is 1030. The Balaban J connectivity index is 1.97. The number of fused-ring (bicyclic) bond motifs is 1. The lowest BCUT2D eigenvalue weighted by atomic mass is 9.95. The van der Waals surface area contributed by atoms with Crippen molar-refractivity contribution in [2.75, 3.05) is 26.8 Å². The molecule has 31 heavy (non-hydrogen) atoms. The zero-order chi connectivity index (χ0) is 22.5. The first-order valence-electron chi connectivity index (χ1n) is 10.6. The number of hydrogen-bond donors (Lipinski definition) is 1. The van der Waals surface area contributed by atoms with Crippen molar-refractivity contribution >= 4 is 22.9 Å². The monoisotopic (exact) mass is 431 g/mol. The van der Waals surface area contributed by atoms with Gasteiger partial charge in [0, 0.05) is 31.0 Å². The Morgan fingerprint density at radius 2 is 2.10 bits per heavy atom. The van der Waals surface area contributed by atoms with E-state index in [-0.39, 0.29) is 30.0 Å². The van der Waals surface area contributed by atoms with Gasteiger partial charge in [0.1, 0.15) is 11.3 Å². The average molecular weight is 431 g/mol. The van der Waals surface area contributed by atoms with Crippen molar-refractivity contribution in [3.8, 4) is 5.75 Å². The second-order valence-corrected chi connectivity index (χ2v) is 7.89. The summed E-state index contributed by atoms with van der Waals surface area (Å²) >= 11 is 0. The molecule has 0 amide bonds. The number of phenolic OH excluding ortho intramolecular Hbond substituents is 1. The summed E-state index contributed by atoms with van der Waals surface area (Å²) in [7, 11) is 1.32. The van der Waals surface area contributed by atoms with Gasteiger partial charge in [0.2, 0.25) is 0 Å². The molecular weight excluding hydrogens is 402 g/mol. The van der Waals surface area contributed by atoms with Crippen LogP contribution in [0.15, 0.2) is 21.3 Å². The first kappa shape index (κ1) is 22.8. The third-order valence-electron chi connectivity index (χ3n) is 5.72. The van der Waals surface area contributed by atoms with E-state index >= 15 is 0 Å². The number of rotatable bonds is 7. The molecule has 1 aromatic carbocycles. The van der Waals surface area contributed by atoms with Crippen LogP contribution in [0.2, 0.25) is 0 Å². The fourth-order valence-electron chi connectivity index (χ4n) is 4.12. The van der Waals surface area contributed by atoms with E-state index in [2.05, 4.69) is 4.90 Å². The highest BCUT2D eigenvalue weighted by atomic mass is 16.5. The van der Waals surface area contributed by atoms with Crippen LogP contribution in [0, 0.1) is 12.8 Å².